The van der Waals surface area contributed by atoms with Crippen LogP contribution in [0.1, 0.15) is 10.4 Å². The molecule has 8 heteroatoms. The Kier molecular flexibility index (Phi) is 4.47. The fourth-order valence-corrected chi connectivity index (χ4v) is 1.11. The van der Waals surface area contributed by atoms with Gasteiger partial charge < -0.3 is 15.3 Å². The van der Waals surface area contributed by atoms with Gasteiger partial charge in [-0.05, 0) is 12.1 Å². The molecule has 1 aromatic rings. The minimum atomic E-state index is -1.31. The lowest BCUT2D eigenvalue weighted by molar-refractivity contribution is -0.131. The molecule has 0 saturated carbocycles. The first-order chi connectivity index (χ1) is 8.88. The fraction of sp³-hybridized carbons (Fsp3) is 0. The topological polar surface area (TPSA) is 136 Å². The van der Waals surface area contributed by atoms with E-state index in [1.54, 1.807) is 0 Å². The molecule has 0 atom stereocenters. The molecule has 0 bridgehead atoms. The van der Waals surface area contributed by atoms with E-state index in [9.17, 15) is 14.4 Å². The Morgan fingerprint density at radius 3 is 2.05 bits per heavy atom. The molecular formula is C11H10N2O6. The average Bonchev–Trinajstić information content (AvgIpc) is 2.32. The van der Waals surface area contributed by atoms with Crippen molar-refractivity contribution in [3.05, 3.63) is 35.9 Å². The maximum Gasteiger partial charge on any atom is 0.328 e. The Balaban J connectivity index is 2.60. The Morgan fingerprint density at radius 1 is 0.947 bits per heavy atom. The van der Waals surface area contributed by atoms with Crippen LogP contribution >= 0.6 is 0 Å². The summed E-state index contributed by atoms with van der Waals surface area (Å²) in [6, 6.07) is 3.19. The van der Waals surface area contributed by atoms with Crippen LogP contribution in [0.5, 0.6) is 11.5 Å². The molecule has 1 aromatic carbocycles. The molecule has 1 rings (SSSR count). The summed E-state index contributed by atoms with van der Waals surface area (Å²) in [6.45, 7) is 0. The van der Waals surface area contributed by atoms with Gasteiger partial charge in [0.25, 0.3) is 11.8 Å². The lowest BCUT2D eigenvalue weighted by Crippen LogP contribution is -2.40. The maximum atomic E-state index is 11.5. The Labute approximate surface area is 107 Å². The van der Waals surface area contributed by atoms with Gasteiger partial charge in [-0.25, -0.2) is 4.79 Å². The highest BCUT2D eigenvalue weighted by molar-refractivity contribution is 5.98. The first kappa shape index (κ1) is 14.0. The summed E-state index contributed by atoms with van der Waals surface area (Å²) in [5.41, 5.74) is 3.81. The zero-order chi connectivity index (χ0) is 14.4. The van der Waals surface area contributed by atoms with Crippen molar-refractivity contribution in [3.8, 4) is 11.5 Å². The van der Waals surface area contributed by atoms with E-state index >= 15 is 0 Å². The lowest BCUT2D eigenvalue weighted by Gasteiger charge is -2.06. The molecule has 0 radical (unpaired) electrons. The number of carbonyl (C=O) groups excluding carboxylic acids is 2. The molecule has 2 amide bonds. The molecule has 0 aromatic heterocycles. The second kappa shape index (κ2) is 6.05. The standard InChI is InChI=1S/C11H10N2O6/c14-7-3-6(4-8(15)5-7)11(19)13-12-9(16)1-2-10(17)18/h1-5,14-15H,(H,12,16)(H,13,19)(H,17,18). The van der Waals surface area contributed by atoms with Crippen LogP contribution in [0.25, 0.3) is 0 Å². The minimum Gasteiger partial charge on any atom is -0.508 e. The molecule has 0 spiro atoms. The highest BCUT2D eigenvalue weighted by Crippen LogP contribution is 2.19. The Hall–Kier alpha value is -3.03. The van der Waals surface area contributed by atoms with Crippen LogP contribution in [0.3, 0.4) is 0 Å². The summed E-state index contributed by atoms with van der Waals surface area (Å²) in [4.78, 5) is 32.7. The first-order valence-corrected chi connectivity index (χ1v) is 4.93. The Bertz CT molecular complexity index is 532. The van der Waals surface area contributed by atoms with E-state index in [4.69, 9.17) is 15.3 Å². The molecule has 5 N–H and O–H groups in total. The van der Waals surface area contributed by atoms with Gasteiger partial charge in [-0.15, -0.1) is 0 Å². The number of hydrogen-bond donors (Lipinski definition) is 5. The second-order valence-electron chi connectivity index (χ2n) is 3.35. The number of phenols is 2. The van der Waals surface area contributed by atoms with Gasteiger partial charge in [0.15, 0.2) is 0 Å². The van der Waals surface area contributed by atoms with Crippen molar-refractivity contribution >= 4 is 17.8 Å². The fourth-order valence-electron chi connectivity index (χ4n) is 1.11. The average molecular weight is 266 g/mol. The normalized spacial score (nSPS) is 10.1. The Morgan fingerprint density at radius 2 is 1.53 bits per heavy atom. The predicted molar refractivity (Wildman–Crippen MR) is 62.2 cm³/mol. The molecule has 8 nitrogen and oxygen atoms in total. The van der Waals surface area contributed by atoms with Gasteiger partial charge in [0.1, 0.15) is 11.5 Å². The second-order valence-corrected chi connectivity index (χ2v) is 3.35. The number of carbonyl (C=O) groups is 3. The SMILES string of the molecule is O=C(O)C=CC(=O)NNC(=O)c1cc(O)cc(O)c1. The van der Waals surface area contributed by atoms with E-state index in [0.29, 0.717) is 12.2 Å². The van der Waals surface area contributed by atoms with E-state index in [1.807, 2.05) is 10.9 Å². The van der Waals surface area contributed by atoms with Crippen molar-refractivity contribution in [2.24, 2.45) is 0 Å². The van der Waals surface area contributed by atoms with Crippen LogP contribution in [0.2, 0.25) is 0 Å². The molecule has 100 valence electrons. The van der Waals surface area contributed by atoms with Gasteiger partial charge in [0.05, 0.1) is 0 Å². The molecule has 0 aliphatic heterocycles. The molecule has 0 aliphatic rings. The third kappa shape index (κ3) is 4.77. The van der Waals surface area contributed by atoms with Crippen molar-refractivity contribution in [1.82, 2.24) is 10.9 Å². The minimum absolute atomic E-state index is 0.0833. The monoisotopic (exact) mass is 266 g/mol. The molecule has 0 saturated heterocycles. The molecule has 0 fully saturated rings. The number of benzene rings is 1. The molecular weight excluding hydrogens is 256 g/mol. The van der Waals surface area contributed by atoms with Crippen LogP contribution in [0, 0.1) is 0 Å². The number of hydrazine groups is 1. The van der Waals surface area contributed by atoms with Gasteiger partial charge in [-0.2, -0.15) is 0 Å². The van der Waals surface area contributed by atoms with E-state index in [2.05, 4.69) is 0 Å². The van der Waals surface area contributed by atoms with Crippen LogP contribution in [-0.2, 0) is 9.59 Å². The molecule has 0 aliphatic carbocycles. The maximum absolute atomic E-state index is 11.5. The summed E-state index contributed by atoms with van der Waals surface area (Å²) >= 11 is 0. The number of aromatic hydroxyl groups is 2. The number of phenolic OH excluding ortho intramolecular Hbond substituents is 2. The quantitative estimate of drug-likeness (QED) is 0.369. The number of hydrogen-bond acceptors (Lipinski definition) is 5. The number of amides is 2. The molecule has 19 heavy (non-hydrogen) atoms. The van der Waals surface area contributed by atoms with Gasteiger partial charge in [0.2, 0.25) is 0 Å². The van der Waals surface area contributed by atoms with Crippen LogP contribution in [0.4, 0.5) is 0 Å². The number of aliphatic carboxylic acids is 1. The van der Waals surface area contributed by atoms with Crippen LogP contribution in [0.15, 0.2) is 30.4 Å². The molecule has 0 unspecified atom stereocenters. The van der Waals surface area contributed by atoms with Crippen LogP contribution < -0.4 is 10.9 Å². The predicted octanol–water partition coefficient (Wildman–Crippen LogP) is -0.500. The number of carboxylic acid groups (broad SMARTS) is 1. The summed E-state index contributed by atoms with van der Waals surface area (Å²) in [5.74, 6) is -3.58. The van der Waals surface area contributed by atoms with Crippen LogP contribution in [-0.4, -0.2) is 33.1 Å². The zero-order valence-electron chi connectivity index (χ0n) is 9.45. The van der Waals surface area contributed by atoms with Gasteiger partial charge in [-0.3, -0.25) is 20.4 Å². The highest BCUT2D eigenvalue weighted by atomic mass is 16.4. The summed E-state index contributed by atoms with van der Waals surface area (Å²) < 4.78 is 0. The number of nitrogens with one attached hydrogen (secondary N) is 2. The zero-order valence-corrected chi connectivity index (χ0v) is 9.45. The largest absolute Gasteiger partial charge is 0.508 e. The van der Waals surface area contributed by atoms with E-state index in [0.717, 1.165) is 18.2 Å². The lowest BCUT2D eigenvalue weighted by atomic mass is 10.2. The van der Waals surface area contributed by atoms with Crippen molar-refractivity contribution in [2.75, 3.05) is 0 Å². The van der Waals surface area contributed by atoms with Crippen molar-refractivity contribution in [3.63, 3.8) is 0 Å². The van der Waals surface area contributed by atoms with Crippen molar-refractivity contribution < 1.29 is 29.7 Å². The smallest absolute Gasteiger partial charge is 0.328 e. The third-order valence-corrected chi connectivity index (χ3v) is 1.84. The van der Waals surface area contributed by atoms with E-state index < -0.39 is 17.8 Å². The first-order valence-electron chi connectivity index (χ1n) is 4.93. The number of rotatable bonds is 3. The van der Waals surface area contributed by atoms with E-state index in [-0.39, 0.29) is 17.1 Å². The van der Waals surface area contributed by atoms with Crippen molar-refractivity contribution in [1.29, 1.82) is 0 Å². The molecule has 0 heterocycles. The summed E-state index contributed by atoms with van der Waals surface area (Å²) in [5, 5.41) is 26.6. The summed E-state index contributed by atoms with van der Waals surface area (Å²) in [6.07, 6.45) is 1.31. The van der Waals surface area contributed by atoms with E-state index in [1.165, 1.54) is 0 Å². The summed E-state index contributed by atoms with van der Waals surface area (Å²) in [7, 11) is 0. The van der Waals surface area contributed by atoms with Gasteiger partial charge in [0, 0.05) is 23.8 Å². The highest BCUT2D eigenvalue weighted by Gasteiger charge is 2.08. The van der Waals surface area contributed by atoms with Crippen molar-refractivity contribution in [2.45, 2.75) is 0 Å². The number of carboxylic acids is 1. The van der Waals surface area contributed by atoms with Gasteiger partial charge >= 0.3 is 5.97 Å². The third-order valence-electron chi connectivity index (χ3n) is 1.84. The van der Waals surface area contributed by atoms with Gasteiger partial charge in [-0.1, -0.05) is 0 Å².